The molecule has 2 N–H and O–H groups in total. The van der Waals surface area contributed by atoms with Gasteiger partial charge in [0.25, 0.3) is 0 Å². The van der Waals surface area contributed by atoms with Crippen molar-refractivity contribution in [3.63, 3.8) is 0 Å². The molecule has 1 aromatic rings. The Labute approximate surface area is 126 Å². The van der Waals surface area contributed by atoms with Crippen LogP contribution >= 0.6 is 0 Å². The molecule has 5 heteroatoms. The molecule has 1 saturated carbocycles. The molecule has 2 rings (SSSR count). The quantitative estimate of drug-likeness (QED) is 0.890. The van der Waals surface area contributed by atoms with Gasteiger partial charge in [-0.05, 0) is 38.0 Å². The highest BCUT2D eigenvalue weighted by Crippen LogP contribution is 2.39. The van der Waals surface area contributed by atoms with Crippen molar-refractivity contribution in [2.75, 3.05) is 6.54 Å². The summed E-state index contributed by atoms with van der Waals surface area (Å²) in [5.74, 6) is -0.405. The number of carbonyl (C=O) groups excluding carboxylic acids is 1. The molecule has 1 aliphatic rings. The molecule has 0 aliphatic heterocycles. The van der Waals surface area contributed by atoms with Gasteiger partial charge >= 0.3 is 0 Å². The molecule has 1 heterocycles. The minimum atomic E-state index is -0.766. The van der Waals surface area contributed by atoms with Crippen molar-refractivity contribution in [2.45, 2.75) is 58.0 Å². The molecule has 0 spiro atoms. The van der Waals surface area contributed by atoms with Crippen LogP contribution in [0.2, 0.25) is 0 Å². The normalized spacial score (nSPS) is 21.5. The predicted molar refractivity (Wildman–Crippen MR) is 80.7 cm³/mol. The van der Waals surface area contributed by atoms with E-state index < -0.39 is 5.60 Å². The Morgan fingerprint density at radius 2 is 1.86 bits per heavy atom. The highest BCUT2D eigenvalue weighted by Gasteiger charge is 2.37. The van der Waals surface area contributed by atoms with Crippen LogP contribution in [-0.2, 0) is 4.79 Å². The average Bonchev–Trinajstić information content (AvgIpc) is 2.49. The van der Waals surface area contributed by atoms with E-state index in [2.05, 4.69) is 29.1 Å². The summed E-state index contributed by atoms with van der Waals surface area (Å²) in [5, 5.41) is 13.4. The van der Waals surface area contributed by atoms with E-state index in [0.717, 1.165) is 31.2 Å². The van der Waals surface area contributed by atoms with E-state index in [-0.39, 0.29) is 11.8 Å². The fraction of sp³-hybridized carbons (Fsp3) is 0.688. The lowest BCUT2D eigenvalue weighted by atomic mass is 9.71. The Morgan fingerprint density at radius 1 is 1.29 bits per heavy atom. The number of aliphatic hydroxyl groups is 1. The van der Waals surface area contributed by atoms with E-state index in [1.165, 1.54) is 6.33 Å². The topological polar surface area (TPSA) is 75.1 Å². The maximum absolute atomic E-state index is 12.2. The molecular weight excluding hydrogens is 266 g/mol. The maximum atomic E-state index is 12.2. The second-order valence-corrected chi connectivity index (χ2v) is 7.00. The molecule has 5 nitrogen and oxygen atoms in total. The average molecular weight is 291 g/mol. The number of hydrogen-bond donors (Lipinski definition) is 2. The molecular formula is C16H25N3O2. The van der Waals surface area contributed by atoms with Gasteiger partial charge in [-0.1, -0.05) is 13.8 Å². The number of hydrogen-bond acceptors (Lipinski definition) is 4. The van der Waals surface area contributed by atoms with Gasteiger partial charge in [-0.2, -0.15) is 0 Å². The van der Waals surface area contributed by atoms with Gasteiger partial charge in [0.2, 0.25) is 5.91 Å². The van der Waals surface area contributed by atoms with Crippen LogP contribution in [-0.4, -0.2) is 33.1 Å². The predicted octanol–water partition coefficient (Wildman–Crippen LogP) is 2.03. The molecule has 1 aromatic heterocycles. The van der Waals surface area contributed by atoms with Crippen LogP contribution in [0.15, 0.2) is 18.7 Å². The second kappa shape index (κ2) is 6.10. The second-order valence-electron chi connectivity index (χ2n) is 7.00. The van der Waals surface area contributed by atoms with Gasteiger partial charge in [-0.15, -0.1) is 0 Å². The van der Waals surface area contributed by atoms with Crippen molar-refractivity contribution in [1.29, 1.82) is 0 Å². The van der Waals surface area contributed by atoms with Gasteiger partial charge in [-0.25, -0.2) is 9.97 Å². The first-order valence-corrected chi connectivity index (χ1v) is 7.56. The van der Waals surface area contributed by atoms with E-state index in [0.29, 0.717) is 12.0 Å². The zero-order valence-corrected chi connectivity index (χ0v) is 13.1. The fourth-order valence-corrected chi connectivity index (χ4v) is 2.66. The highest BCUT2D eigenvalue weighted by atomic mass is 16.3. The van der Waals surface area contributed by atoms with E-state index in [4.69, 9.17) is 0 Å². The Balaban J connectivity index is 1.87. The van der Waals surface area contributed by atoms with Crippen molar-refractivity contribution in [2.24, 2.45) is 5.41 Å². The summed E-state index contributed by atoms with van der Waals surface area (Å²) in [4.78, 5) is 20.0. The lowest BCUT2D eigenvalue weighted by Gasteiger charge is -2.40. The third-order valence-electron chi connectivity index (χ3n) is 4.60. The molecule has 0 bridgehead atoms. The first-order chi connectivity index (χ1) is 9.81. The third kappa shape index (κ3) is 4.24. The van der Waals surface area contributed by atoms with Crippen molar-refractivity contribution in [3.05, 3.63) is 24.3 Å². The molecule has 1 aliphatic carbocycles. The van der Waals surface area contributed by atoms with Crippen molar-refractivity contribution in [3.8, 4) is 0 Å². The number of aromatic nitrogens is 2. The van der Waals surface area contributed by atoms with Crippen molar-refractivity contribution < 1.29 is 9.90 Å². The summed E-state index contributed by atoms with van der Waals surface area (Å²) < 4.78 is 0. The van der Waals surface area contributed by atoms with E-state index in [1.807, 2.05) is 6.92 Å². The zero-order chi connectivity index (χ0) is 15.5. The van der Waals surface area contributed by atoms with Crippen LogP contribution in [0.1, 0.15) is 57.9 Å². The molecule has 21 heavy (non-hydrogen) atoms. The molecule has 0 aromatic carbocycles. The third-order valence-corrected chi connectivity index (χ3v) is 4.60. The summed E-state index contributed by atoms with van der Waals surface area (Å²) >= 11 is 0. The van der Waals surface area contributed by atoms with Crippen LogP contribution in [0, 0.1) is 5.41 Å². The SMILES string of the molecule is CC(C(=O)NCC1(O)CCC(C)(C)CC1)c1cncnc1. The Morgan fingerprint density at radius 3 is 2.43 bits per heavy atom. The van der Waals surface area contributed by atoms with Gasteiger partial charge < -0.3 is 10.4 Å². The monoisotopic (exact) mass is 291 g/mol. The highest BCUT2D eigenvalue weighted by molar-refractivity contribution is 5.83. The minimum Gasteiger partial charge on any atom is -0.388 e. The van der Waals surface area contributed by atoms with Gasteiger partial charge in [-0.3, -0.25) is 4.79 Å². The van der Waals surface area contributed by atoms with E-state index >= 15 is 0 Å². The lowest BCUT2D eigenvalue weighted by Crippen LogP contribution is -2.47. The molecule has 0 radical (unpaired) electrons. The lowest BCUT2D eigenvalue weighted by molar-refractivity contribution is -0.124. The van der Waals surface area contributed by atoms with Crippen LogP contribution in [0.4, 0.5) is 0 Å². The zero-order valence-electron chi connectivity index (χ0n) is 13.1. The van der Waals surface area contributed by atoms with Gasteiger partial charge in [0.05, 0.1) is 11.5 Å². The summed E-state index contributed by atoms with van der Waals surface area (Å²) in [5.41, 5.74) is 0.315. The van der Waals surface area contributed by atoms with Crippen molar-refractivity contribution >= 4 is 5.91 Å². The van der Waals surface area contributed by atoms with Gasteiger partial charge in [0, 0.05) is 24.5 Å². The summed E-state index contributed by atoms with van der Waals surface area (Å²) in [7, 11) is 0. The van der Waals surface area contributed by atoms with E-state index in [1.54, 1.807) is 12.4 Å². The van der Waals surface area contributed by atoms with Gasteiger partial charge in [0.1, 0.15) is 6.33 Å². The molecule has 0 saturated heterocycles. The number of nitrogens with one attached hydrogen (secondary N) is 1. The largest absolute Gasteiger partial charge is 0.388 e. The fourth-order valence-electron chi connectivity index (χ4n) is 2.66. The smallest absolute Gasteiger partial charge is 0.227 e. The molecule has 116 valence electrons. The standard InChI is InChI=1S/C16H25N3O2/c1-12(13-8-17-11-18-9-13)14(20)19-10-16(21)6-4-15(2,3)5-7-16/h8-9,11-12,21H,4-7,10H2,1-3H3,(H,19,20). The molecule has 1 amide bonds. The van der Waals surface area contributed by atoms with Crippen LogP contribution in [0.3, 0.4) is 0 Å². The molecule has 1 unspecified atom stereocenters. The number of carbonyl (C=O) groups is 1. The number of amides is 1. The van der Waals surface area contributed by atoms with Crippen molar-refractivity contribution in [1.82, 2.24) is 15.3 Å². The Bertz CT molecular complexity index is 478. The van der Waals surface area contributed by atoms with Gasteiger partial charge in [0.15, 0.2) is 0 Å². The van der Waals surface area contributed by atoms with E-state index in [9.17, 15) is 9.90 Å². The Hall–Kier alpha value is -1.49. The first kappa shape index (κ1) is 15.9. The minimum absolute atomic E-state index is 0.0944. The summed E-state index contributed by atoms with van der Waals surface area (Å²) in [6.07, 6.45) is 8.19. The summed E-state index contributed by atoms with van der Waals surface area (Å²) in [6, 6.07) is 0. The molecule has 1 atom stereocenters. The van der Waals surface area contributed by atoms with Crippen LogP contribution in [0.5, 0.6) is 0 Å². The summed E-state index contributed by atoms with van der Waals surface area (Å²) in [6.45, 7) is 6.59. The molecule has 1 fully saturated rings. The maximum Gasteiger partial charge on any atom is 0.227 e. The number of nitrogens with zero attached hydrogens (tertiary/aromatic N) is 2. The Kier molecular flexibility index (Phi) is 4.61. The van der Waals surface area contributed by atoms with Crippen LogP contribution < -0.4 is 5.32 Å². The first-order valence-electron chi connectivity index (χ1n) is 7.56. The number of rotatable bonds is 4. The van der Waals surface area contributed by atoms with Crippen LogP contribution in [0.25, 0.3) is 0 Å².